The first-order chi connectivity index (χ1) is 12.8. The van der Waals surface area contributed by atoms with Crippen LogP contribution in [0.4, 0.5) is 9.18 Å². The SMILES string of the molecule is C[C@]1(c2ccc(F)cc2)NC(=O)N(C[C@@H](O)COc2cccc(Br)c2)C1=O. The number of halogens is 2. The second-order valence-corrected chi connectivity index (χ2v) is 7.32. The number of aliphatic hydroxyl groups excluding tert-OH is 1. The van der Waals surface area contributed by atoms with Crippen LogP contribution < -0.4 is 10.1 Å². The van der Waals surface area contributed by atoms with Gasteiger partial charge in [0.15, 0.2) is 0 Å². The number of hydrogen-bond donors (Lipinski definition) is 2. The second kappa shape index (κ2) is 7.66. The number of carbonyl (C=O) groups excluding carboxylic acids is 2. The minimum absolute atomic E-state index is 0.0826. The number of β-amino-alcohol motifs (C(OH)–C–C–N with tert-alkyl or cyclic N) is 1. The molecule has 6 nitrogen and oxygen atoms in total. The third kappa shape index (κ3) is 4.12. The van der Waals surface area contributed by atoms with Crippen LogP contribution in [0.1, 0.15) is 12.5 Å². The Morgan fingerprint density at radius 2 is 1.96 bits per heavy atom. The molecule has 0 bridgehead atoms. The Hall–Kier alpha value is -2.45. The molecule has 0 aromatic heterocycles. The third-order valence-corrected chi connectivity index (χ3v) is 4.82. The molecule has 1 saturated heterocycles. The van der Waals surface area contributed by atoms with Gasteiger partial charge in [-0.05, 0) is 42.8 Å². The van der Waals surface area contributed by atoms with Crippen molar-refractivity contribution in [3.8, 4) is 5.75 Å². The van der Waals surface area contributed by atoms with E-state index in [-0.39, 0.29) is 13.2 Å². The molecule has 2 atom stereocenters. The van der Waals surface area contributed by atoms with Crippen LogP contribution in [0.15, 0.2) is 53.0 Å². The van der Waals surface area contributed by atoms with Gasteiger partial charge in [-0.2, -0.15) is 0 Å². The average molecular weight is 437 g/mol. The van der Waals surface area contributed by atoms with Gasteiger partial charge in [-0.25, -0.2) is 9.18 Å². The highest BCUT2D eigenvalue weighted by molar-refractivity contribution is 9.10. The summed E-state index contributed by atoms with van der Waals surface area (Å²) in [7, 11) is 0. The van der Waals surface area contributed by atoms with Crippen molar-refractivity contribution < 1.29 is 23.8 Å². The lowest BCUT2D eigenvalue weighted by Crippen LogP contribution is -2.42. The molecule has 8 heteroatoms. The average Bonchev–Trinajstić information content (AvgIpc) is 2.85. The Balaban J connectivity index is 1.65. The van der Waals surface area contributed by atoms with Crippen molar-refractivity contribution in [3.05, 3.63) is 64.4 Å². The van der Waals surface area contributed by atoms with E-state index >= 15 is 0 Å². The number of nitrogens with one attached hydrogen (secondary N) is 1. The highest BCUT2D eigenvalue weighted by atomic mass is 79.9. The standard InChI is InChI=1S/C19H18BrFN2O4/c1-19(12-5-7-14(21)8-6-12)17(25)23(18(26)22-19)10-15(24)11-27-16-4-2-3-13(20)9-16/h2-9,15,24H,10-11H2,1H3,(H,22,26)/t15-,19-/m1/s1. The van der Waals surface area contributed by atoms with Gasteiger partial charge in [-0.1, -0.05) is 34.1 Å². The van der Waals surface area contributed by atoms with Gasteiger partial charge in [-0.3, -0.25) is 9.69 Å². The predicted octanol–water partition coefficient (Wildman–Crippen LogP) is 2.80. The lowest BCUT2D eigenvalue weighted by molar-refractivity contribution is -0.132. The summed E-state index contributed by atoms with van der Waals surface area (Å²) in [5.74, 6) is -0.395. The van der Waals surface area contributed by atoms with Gasteiger partial charge in [0, 0.05) is 4.47 Å². The smallest absolute Gasteiger partial charge is 0.325 e. The number of carbonyl (C=O) groups is 2. The Morgan fingerprint density at radius 1 is 1.26 bits per heavy atom. The largest absolute Gasteiger partial charge is 0.491 e. The molecule has 0 aliphatic carbocycles. The van der Waals surface area contributed by atoms with Crippen LogP contribution in [-0.4, -0.2) is 41.2 Å². The summed E-state index contributed by atoms with van der Waals surface area (Å²) >= 11 is 3.32. The fourth-order valence-electron chi connectivity index (χ4n) is 2.85. The number of ether oxygens (including phenoxy) is 1. The molecule has 0 radical (unpaired) electrons. The van der Waals surface area contributed by atoms with Crippen LogP contribution >= 0.6 is 15.9 Å². The van der Waals surface area contributed by atoms with E-state index in [9.17, 15) is 19.1 Å². The Labute approximate surface area is 164 Å². The molecule has 27 heavy (non-hydrogen) atoms. The normalized spacial score (nSPS) is 20.5. The Bertz CT molecular complexity index is 861. The molecule has 1 fully saturated rings. The summed E-state index contributed by atoms with van der Waals surface area (Å²) in [4.78, 5) is 26.0. The van der Waals surface area contributed by atoms with E-state index < -0.39 is 29.4 Å². The number of hydrogen-bond acceptors (Lipinski definition) is 4. The zero-order valence-electron chi connectivity index (χ0n) is 14.5. The first kappa shape index (κ1) is 19.3. The van der Waals surface area contributed by atoms with Crippen LogP contribution in [0.3, 0.4) is 0 Å². The molecule has 142 valence electrons. The summed E-state index contributed by atoms with van der Waals surface area (Å²) in [5, 5.41) is 12.8. The van der Waals surface area contributed by atoms with Gasteiger partial charge in [0.1, 0.15) is 29.8 Å². The molecule has 0 saturated carbocycles. The van der Waals surface area contributed by atoms with Crippen molar-refractivity contribution >= 4 is 27.9 Å². The van der Waals surface area contributed by atoms with Crippen LogP contribution in [0, 0.1) is 5.82 Å². The van der Waals surface area contributed by atoms with Crippen LogP contribution in [0.5, 0.6) is 5.75 Å². The van der Waals surface area contributed by atoms with Crippen molar-refractivity contribution in [1.29, 1.82) is 0 Å². The summed E-state index contributed by atoms with van der Waals surface area (Å²) in [6.45, 7) is 1.25. The van der Waals surface area contributed by atoms with Gasteiger partial charge >= 0.3 is 6.03 Å². The van der Waals surface area contributed by atoms with E-state index in [0.717, 1.165) is 9.37 Å². The monoisotopic (exact) mass is 436 g/mol. The van der Waals surface area contributed by atoms with Crippen LogP contribution in [-0.2, 0) is 10.3 Å². The summed E-state index contributed by atoms with van der Waals surface area (Å²) in [6, 6.07) is 11.8. The van der Waals surface area contributed by atoms with Crippen molar-refractivity contribution in [1.82, 2.24) is 10.2 Å². The van der Waals surface area contributed by atoms with Gasteiger partial charge in [-0.15, -0.1) is 0 Å². The Kier molecular flexibility index (Phi) is 5.48. The molecule has 1 aliphatic rings. The Morgan fingerprint density at radius 3 is 2.63 bits per heavy atom. The maximum absolute atomic E-state index is 13.1. The molecular weight excluding hydrogens is 419 g/mol. The number of benzene rings is 2. The fourth-order valence-corrected chi connectivity index (χ4v) is 3.23. The molecule has 2 N–H and O–H groups in total. The van der Waals surface area contributed by atoms with Gasteiger partial charge in [0.2, 0.25) is 0 Å². The minimum atomic E-state index is -1.31. The second-order valence-electron chi connectivity index (χ2n) is 6.40. The predicted molar refractivity (Wildman–Crippen MR) is 99.6 cm³/mol. The van der Waals surface area contributed by atoms with Gasteiger partial charge < -0.3 is 15.2 Å². The lowest BCUT2D eigenvalue weighted by Gasteiger charge is -2.23. The van der Waals surface area contributed by atoms with E-state index in [0.29, 0.717) is 11.3 Å². The molecular formula is C19H18BrFN2O4. The molecule has 0 unspecified atom stereocenters. The molecule has 1 heterocycles. The van der Waals surface area contributed by atoms with E-state index in [1.165, 1.54) is 24.3 Å². The number of urea groups is 1. The van der Waals surface area contributed by atoms with Crippen LogP contribution in [0.25, 0.3) is 0 Å². The number of imide groups is 1. The quantitative estimate of drug-likeness (QED) is 0.682. The van der Waals surface area contributed by atoms with E-state index in [4.69, 9.17) is 4.74 Å². The summed E-state index contributed by atoms with van der Waals surface area (Å²) in [5.41, 5.74) is -0.847. The summed E-state index contributed by atoms with van der Waals surface area (Å²) < 4.78 is 19.5. The topological polar surface area (TPSA) is 78.9 Å². The minimum Gasteiger partial charge on any atom is -0.491 e. The first-order valence-electron chi connectivity index (χ1n) is 8.26. The van der Waals surface area contributed by atoms with E-state index in [2.05, 4.69) is 21.2 Å². The third-order valence-electron chi connectivity index (χ3n) is 4.33. The fraction of sp³-hybridized carbons (Fsp3) is 0.263. The van der Waals surface area contributed by atoms with E-state index in [1.807, 2.05) is 6.07 Å². The molecule has 3 rings (SSSR count). The number of rotatable bonds is 6. The number of aliphatic hydroxyl groups is 1. The zero-order chi connectivity index (χ0) is 19.6. The van der Waals surface area contributed by atoms with Crippen molar-refractivity contribution in [2.75, 3.05) is 13.2 Å². The van der Waals surface area contributed by atoms with E-state index in [1.54, 1.807) is 25.1 Å². The summed E-state index contributed by atoms with van der Waals surface area (Å²) in [6.07, 6.45) is -1.06. The molecule has 0 spiro atoms. The van der Waals surface area contributed by atoms with Gasteiger partial charge in [0.25, 0.3) is 5.91 Å². The molecule has 2 aromatic carbocycles. The van der Waals surface area contributed by atoms with Crippen molar-refractivity contribution in [2.45, 2.75) is 18.6 Å². The maximum Gasteiger partial charge on any atom is 0.325 e. The molecule has 3 amide bonds. The first-order valence-corrected chi connectivity index (χ1v) is 9.05. The highest BCUT2D eigenvalue weighted by Gasteiger charge is 2.49. The van der Waals surface area contributed by atoms with Crippen molar-refractivity contribution in [2.24, 2.45) is 0 Å². The highest BCUT2D eigenvalue weighted by Crippen LogP contribution is 2.29. The van der Waals surface area contributed by atoms with Crippen molar-refractivity contribution in [3.63, 3.8) is 0 Å². The maximum atomic E-state index is 13.1. The molecule has 2 aromatic rings. The number of nitrogens with zero attached hydrogens (tertiary/aromatic N) is 1. The zero-order valence-corrected chi connectivity index (χ0v) is 16.1. The van der Waals surface area contributed by atoms with Crippen LogP contribution in [0.2, 0.25) is 0 Å². The molecule has 1 aliphatic heterocycles. The number of amides is 3. The van der Waals surface area contributed by atoms with Gasteiger partial charge in [0.05, 0.1) is 6.54 Å². The lowest BCUT2D eigenvalue weighted by atomic mass is 9.92.